The normalized spacial score (nSPS) is 13.2. The number of halogens is 1. The van der Waals surface area contributed by atoms with Gasteiger partial charge in [-0.3, -0.25) is 0 Å². The molecule has 0 unspecified atom stereocenters. The van der Waals surface area contributed by atoms with Crippen LogP contribution in [0.1, 0.15) is 24.1 Å². The van der Waals surface area contributed by atoms with Crippen molar-refractivity contribution in [3.8, 4) is 11.1 Å². The summed E-state index contributed by atoms with van der Waals surface area (Å²) < 4.78 is 1.98. The van der Waals surface area contributed by atoms with E-state index in [4.69, 9.17) is 4.99 Å². The molecule has 6 nitrogen and oxygen atoms in total. The molecule has 0 bridgehead atoms. The summed E-state index contributed by atoms with van der Waals surface area (Å²) in [5.74, 6) is 2.66. The van der Waals surface area contributed by atoms with Crippen molar-refractivity contribution in [3.05, 3.63) is 65.7 Å². The maximum absolute atomic E-state index is 4.83. The molecular formula is C22H27IN6. The van der Waals surface area contributed by atoms with E-state index >= 15 is 0 Å². The molecule has 2 aromatic carbocycles. The fraction of sp³-hybridized carbons (Fsp3) is 0.318. The molecule has 0 aliphatic carbocycles. The Morgan fingerprint density at radius 2 is 1.90 bits per heavy atom. The lowest BCUT2D eigenvalue weighted by molar-refractivity contribution is 0.766. The van der Waals surface area contributed by atoms with Gasteiger partial charge in [0, 0.05) is 25.8 Å². The number of hydrogen-bond acceptors (Lipinski definition) is 3. The molecule has 152 valence electrons. The second kappa shape index (κ2) is 9.39. The van der Waals surface area contributed by atoms with E-state index in [0.29, 0.717) is 6.54 Å². The predicted molar refractivity (Wildman–Crippen MR) is 129 cm³/mol. The standard InChI is InChI=1S/C22H26N6.HI/c1-4-23-22(24-15-21-26-25-16(2)27(21)3)28-13-12-19-14-18(10-11-20(19)28)17-8-6-5-7-9-17;/h5-11,14H,4,12-13,15H2,1-3H3,(H,23,24);1H. The number of fused-ring (bicyclic) bond motifs is 1. The first-order valence-corrected chi connectivity index (χ1v) is 9.76. The van der Waals surface area contributed by atoms with Crippen molar-refractivity contribution in [2.24, 2.45) is 12.0 Å². The lowest BCUT2D eigenvalue weighted by Crippen LogP contribution is -2.40. The van der Waals surface area contributed by atoms with Gasteiger partial charge in [-0.15, -0.1) is 34.2 Å². The van der Waals surface area contributed by atoms with Gasteiger partial charge in [0.15, 0.2) is 11.8 Å². The quantitative estimate of drug-likeness (QED) is 0.334. The van der Waals surface area contributed by atoms with Gasteiger partial charge in [-0.2, -0.15) is 0 Å². The summed E-state index contributed by atoms with van der Waals surface area (Å²) >= 11 is 0. The maximum atomic E-state index is 4.83. The molecular weight excluding hydrogens is 475 g/mol. The molecule has 0 amide bonds. The first-order valence-electron chi connectivity index (χ1n) is 9.76. The van der Waals surface area contributed by atoms with Gasteiger partial charge in [0.2, 0.25) is 0 Å². The van der Waals surface area contributed by atoms with Crippen LogP contribution in [-0.2, 0) is 20.0 Å². The number of aromatic nitrogens is 3. The number of aliphatic imine (C=N–C) groups is 1. The molecule has 29 heavy (non-hydrogen) atoms. The van der Waals surface area contributed by atoms with Crippen LogP contribution in [0.3, 0.4) is 0 Å². The number of hydrogen-bond donors (Lipinski definition) is 1. The van der Waals surface area contributed by atoms with Crippen molar-refractivity contribution >= 4 is 35.6 Å². The molecule has 1 N–H and O–H groups in total. The minimum absolute atomic E-state index is 0. The Labute approximate surface area is 189 Å². The van der Waals surface area contributed by atoms with Gasteiger partial charge in [-0.05, 0) is 49.1 Å². The molecule has 0 radical (unpaired) electrons. The lowest BCUT2D eigenvalue weighted by atomic mass is 10.0. The third kappa shape index (κ3) is 4.44. The summed E-state index contributed by atoms with van der Waals surface area (Å²) in [6.45, 7) is 6.30. The number of benzene rings is 2. The van der Waals surface area contributed by atoms with Crippen molar-refractivity contribution in [2.75, 3.05) is 18.0 Å². The van der Waals surface area contributed by atoms with E-state index in [1.807, 2.05) is 18.5 Å². The van der Waals surface area contributed by atoms with E-state index in [2.05, 4.69) is 75.9 Å². The van der Waals surface area contributed by atoms with Crippen molar-refractivity contribution < 1.29 is 0 Å². The van der Waals surface area contributed by atoms with E-state index in [9.17, 15) is 0 Å². The highest BCUT2D eigenvalue weighted by molar-refractivity contribution is 14.0. The Balaban J connectivity index is 0.00000240. The van der Waals surface area contributed by atoms with Crippen molar-refractivity contribution in [1.82, 2.24) is 20.1 Å². The van der Waals surface area contributed by atoms with Crippen LogP contribution in [0.25, 0.3) is 11.1 Å². The summed E-state index contributed by atoms with van der Waals surface area (Å²) in [5, 5.41) is 11.8. The van der Waals surface area contributed by atoms with Gasteiger partial charge < -0.3 is 14.8 Å². The SMILES string of the molecule is CCNC(=NCc1nnc(C)n1C)N1CCc2cc(-c3ccccc3)ccc21.I. The van der Waals surface area contributed by atoms with E-state index in [-0.39, 0.29) is 24.0 Å². The highest BCUT2D eigenvalue weighted by Gasteiger charge is 2.23. The molecule has 0 saturated carbocycles. The minimum atomic E-state index is 0. The molecule has 4 rings (SSSR count). The Morgan fingerprint density at radius 3 is 2.59 bits per heavy atom. The zero-order valence-corrected chi connectivity index (χ0v) is 19.4. The van der Waals surface area contributed by atoms with Crippen LogP contribution in [0.15, 0.2) is 53.5 Å². The molecule has 0 atom stereocenters. The Hall–Kier alpha value is -2.42. The van der Waals surface area contributed by atoms with Gasteiger partial charge in [0.25, 0.3) is 0 Å². The Morgan fingerprint density at radius 1 is 1.10 bits per heavy atom. The number of guanidine groups is 1. The van der Waals surface area contributed by atoms with Crippen LogP contribution >= 0.6 is 24.0 Å². The van der Waals surface area contributed by atoms with Gasteiger partial charge in [-0.25, -0.2) is 4.99 Å². The predicted octanol–water partition coefficient (Wildman–Crippen LogP) is 3.94. The summed E-state index contributed by atoms with van der Waals surface area (Å²) in [4.78, 5) is 7.10. The third-order valence-corrected chi connectivity index (χ3v) is 5.23. The minimum Gasteiger partial charge on any atom is -0.356 e. The first-order chi connectivity index (χ1) is 13.7. The molecule has 2 heterocycles. The van der Waals surface area contributed by atoms with Crippen LogP contribution in [0.5, 0.6) is 0 Å². The molecule has 7 heteroatoms. The fourth-order valence-corrected chi connectivity index (χ4v) is 3.56. The topological polar surface area (TPSA) is 58.3 Å². The van der Waals surface area contributed by atoms with Gasteiger partial charge in [0.05, 0.1) is 0 Å². The summed E-state index contributed by atoms with van der Waals surface area (Å²) in [6.07, 6.45) is 1.02. The fourth-order valence-electron chi connectivity index (χ4n) is 3.56. The monoisotopic (exact) mass is 502 g/mol. The second-order valence-electron chi connectivity index (χ2n) is 7.00. The molecule has 3 aromatic rings. The van der Waals surface area contributed by atoms with Gasteiger partial charge in [-0.1, -0.05) is 36.4 Å². The summed E-state index contributed by atoms with van der Waals surface area (Å²) in [7, 11) is 1.98. The van der Waals surface area contributed by atoms with Crippen LogP contribution in [-0.4, -0.2) is 33.8 Å². The number of nitrogens with one attached hydrogen (secondary N) is 1. The van der Waals surface area contributed by atoms with Crippen LogP contribution in [0.2, 0.25) is 0 Å². The molecule has 1 aromatic heterocycles. The molecule has 1 aliphatic heterocycles. The van der Waals surface area contributed by atoms with Crippen LogP contribution in [0, 0.1) is 6.92 Å². The summed E-state index contributed by atoms with van der Waals surface area (Å²) in [5.41, 5.74) is 5.11. The van der Waals surface area contributed by atoms with E-state index in [0.717, 1.165) is 37.1 Å². The summed E-state index contributed by atoms with van der Waals surface area (Å²) in [6, 6.07) is 17.2. The first kappa shape index (κ1) is 21.3. The van der Waals surface area contributed by atoms with E-state index in [1.54, 1.807) is 0 Å². The maximum Gasteiger partial charge on any atom is 0.198 e. The smallest absolute Gasteiger partial charge is 0.198 e. The third-order valence-electron chi connectivity index (χ3n) is 5.23. The number of anilines is 1. The Kier molecular flexibility index (Phi) is 6.89. The van der Waals surface area contributed by atoms with E-state index in [1.165, 1.54) is 22.4 Å². The highest BCUT2D eigenvalue weighted by atomic mass is 127. The molecule has 1 aliphatic rings. The van der Waals surface area contributed by atoms with E-state index < -0.39 is 0 Å². The average molecular weight is 502 g/mol. The molecule has 0 fully saturated rings. The second-order valence-corrected chi connectivity index (χ2v) is 7.00. The average Bonchev–Trinajstić information content (AvgIpc) is 3.29. The molecule has 0 spiro atoms. The van der Waals surface area contributed by atoms with Crippen molar-refractivity contribution in [2.45, 2.75) is 26.8 Å². The zero-order valence-electron chi connectivity index (χ0n) is 17.1. The lowest BCUT2D eigenvalue weighted by Gasteiger charge is -2.22. The molecule has 0 saturated heterocycles. The number of aryl methyl sites for hydroxylation is 1. The van der Waals surface area contributed by atoms with Gasteiger partial charge >= 0.3 is 0 Å². The Bertz CT molecular complexity index is 996. The number of rotatable bonds is 4. The highest BCUT2D eigenvalue weighted by Crippen LogP contribution is 2.32. The zero-order chi connectivity index (χ0) is 19.5. The number of nitrogens with zero attached hydrogens (tertiary/aromatic N) is 5. The van der Waals surface area contributed by atoms with Crippen LogP contribution < -0.4 is 10.2 Å². The van der Waals surface area contributed by atoms with Gasteiger partial charge in [0.1, 0.15) is 12.4 Å². The largest absolute Gasteiger partial charge is 0.356 e. The van der Waals surface area contributed by atoms with Crippen LogP contribution in [0.4, 0.5) is 5.69 Å². The van der Waals surface area contributed by atoms with Crippen molar-refractivity contribution in [1.29, 1.82) is 0 Å². The van der Waals surface area contributed by atoms with Crippen molar-refractivity contribution in [3.63, 3.8) is 0 Å².